The van der Waals surface area contributed by atoms with E-state index in [1.807, 2.05) is 4.57 Å². The van der Waals surface area contributed by atoms with Gasteiger partial charge in [-0.25, -0.2) is 4.98 Å². The average molecular weight is 511 g/mol. The lowest BCUT2D eigenvalue weighted by atomic mass is 9.98. The Morgan fingerprint density at radius 1 is 1.29 bits per heavy atom. The number of fused-ring (bicyclic) bond motifs is 1. The van der Waals surface area contributed by atoms with Crippen LogP contribution < -0.4 is 10.6 Å². The van der Waals surface area contributed by atoms with Gasteiger partial charge in [-0.1, -0.05) is 0 Å². The summed E-state index contributed by atoms with van der Waals surface area (Å²) >= 11 is 0. The van der Waals surface area contributed by atoms with Crippen LogP contribution in [0.25, 0.3) is 11.2 Å². The molecule has 3 heterocycles. The highest BCUT2D eigenvalue weighted by Gasteiger charge is 2.47. The Kier molecular flexibility index (Phi) is 7.35. The SMILES string of the molecule is [CH2]OP(=O)(COC1(Cn2cnc3c(N4CCOCC4)nc(N)nc32)CC1)OCOC(=O)C(C)(C)C. The topological polar surface area (TPSA) is 153 Å². The van der Waals surface area contributed by atoms with Gasteiger partial charge in [0.1, 0.15) is 6.35 Å². The first kappa shape index (κ1) is 25.8. The number of aromatic nitrogens is 4. The average Bonchev–Trinajstić information content (AvgIpc) is 3.49. The van der Waals surface area contributed by atoms with Crippen LogP contribution in [0.5, 0.6) is 0 Å². The van der Waals surface area contributed by atoms with Crippen molar-refractivity contribution in [1.29, 1.82) is 0 Å². The van der Waals surface area contributed by atoms with Crippen LogP contribution in [0.4, 0.5) is 11.8 Å². The maximum atomic E-state index is 12.9. The first-order valence-electron chi connectivity index (χ1n) is 11.3. The summed E-state index contributed by atoms with van der Waals surface area (Å²) in [6.07, 6.45) is 2.80. The second-order valence-electron chi connectivity index (χ2n) is 9.67. The molecule has 1 aliphatic carbocycles. The number of carbonyl (C=O) groups excluding carboxylic acids is 1. The number of nitrogens with zero attached hydrogens (tertiary/aromatic N) is 5. The molecule has 1 atom stereocenters. The zero-order valence-electron chi connectivity index (χ0n) is 20.3. The molecule has 1 aliphatic heterocycles. The fourth-order valence-corrected chi connectivity index (χ4v) is 4.43. The van der Waals surface area contributed by atoms with Gasteiger partial charge in [-0.2, -0.15) is 9.97 Å². The van der Waals surface area contributed by atoms with Crippen LogP contribution in [0, 0.1) is 12.5 Å². The lowest BCUT2D eigenvalue weighted by Gasteiger charge is -2.27. The van der Waals surface area contributed by atoms with Crippen molar-refractivity contribution in [2.75, 3.05) is 50.1 Å². The minimum absolute atomic E-state index is 0.152. The van der Waals surface area contributed by atoms with Crippen LogP contribution >= 0.6 is 7.60 Å². The molecule has 2 aliphatic rings. The molecule has 2 fully saturated rings. The largest absolute Gasteiger partial charge is 0.438 e. The molecule has 1 saturated carbocycles. The number of carbonyl (C=O) groups is 1. The van der Waals surface area contributed by atoms with E-state index in [0.717, 1.165) is 12.8 Å². The quantitative estimate of drug-likeness (QED) is 0.283. The highest BCUT2D eigenvalue weighted by Crippen LogP contribution is 2.52. The molecular weight excluding hydrogens is 479 g/mol. The Bertz CT molecular complexity index is 1110. The van der Waals surface area contributed by atoms with E-state index in [9.17, 15) is 9.36 Å². The van der Waals surface area contributed by atoms with Crippen molar-refractivity contribution in [3.8, 4) is 0 Å². The van der Waals surface area contributed by atoms with Crippen molar-refractivity contribution >= 4 is 36.5 Å². The van der Waals surface area contributed by atoms with Crippen molar-refractivity contribution in [3.05, 3.63) is 13.4 Å². The molecule has 0 bridgehead atoms. The summed E-state index contributed by atoms with van der Waals surface area (Å²) in [6, 6.07) is 0. The molecule has 2 aromatic heterocycles. The maximum absolute atomic E-state index is 12.9. The van der Waals surface area contributed by atoms with Crippen LogP contribution in [0.1, 0.15) is 33.6 Å². The molecule has 2 N–H and O–H groups in total. The Morgan fingerprint density at radius 3 is 2.63 bits per heavy atom. The van der Waals surface area contributed by atoms with Crippen LogP contribution in [0.15, 0.2) is 6.33 Å². The number of anilines is 2. The molecular formula is C21H32N6O7P. The van der Waals surface area contributed by atoms with Gasteiger partial charge >= 0.3 is 13.6 Å². The van der Waals surface area contributed by atoms with Gasteiger partial charge in [0.05, 0.1) is 44.2 Å². The number of ether oxygens (including phenoxy) is 3. The second kappa shape index (κ2) is 9.98. The zero-order chi connectivity index (χ0) is 25.3. The van der Waals surface area contributed by atoms with E-state index in [1.165, 1.54) is 0 Å². The molecule has 13 nitrogen and oxygen atoms in total. The molecule has 4 rings (SSSR count). The van der Waals surface area contributed by atoms with E-state index >= 15 is 0 Å². The Morgan fingerprint density at radius 2 is 2.00 bits per heavy atom. The van der Waals surface area contributed by atoms with Gasteiger partial charge in [-0.3, -0.25) is 13.9 Å². The Hall–Kier alpha value is -2.31. The second-order valence-corrected chi connectivity index (χ2v) is 11.7. The van der Waals surface area contributed by atoms with Crippen LogP contribution in [0.3, 0.4) is 0 Å². The smallest absolute Gasteiger partial charge is 0.359 e. The Balaban J connectivity index is 1.41. The first-order valence-corrected chi connectivity index (χ1v) is 13.1. The molecule has 0 aromatic carbocycles. The molecule has 1 saturated heterocycles. The third-order valence-corrected chi connectivity index (χ3v) is 7.15. The molecule has 1 unspecified atom stereocenters. The van der Waals surface area contributed by atoms with Crippen LogP contribution in [0.2, 0.25) is 0 Å². The van der Waals surface area contributed by atoms with Crippen LogP contribution in [-0.4, -0.2) is 70.5 Å². The van der Waals surface area contributed by atoms with Crippen molar-refractivity contribution in [2.45, 2.75) is 45.8 Å². The number of hydrogen-bond acceptors (Lipinski definition) is 12. The summed E-state index contributed by atoms with van der Waals surface area (Å²) in [4.78, 5) is 27.3. The van der Waals surface area contributed by atoms with Gasteiger partial charge < -0.3 is 33.9 Å². The lowest BCUT2D eigenvalue weighted by Crippen LogP contribution is -2.37. The highest BCUT2D eigenvalue weighted by molar-refractivity contribution is 7.53. The summed E-state index contributed by atoms with van der Waals surface area (Å²) in [5.41, 5.74) is 5.94. The molecule has 14 heteroatoms. The molecule has 0 spiro atoms. The number of rotatable bonds is 10. The van der Waals surface area contributed by atoms with Crippen molar-refractivity contribution in [2.24, 2.45) is 5.41 Å². The molecule has 1 radical (unpaired) electrons. The van der Waals surface area contributed by atoms with Gasteiger partial charge in [-0.05, 0) is 33.6 Å². The van der Waals surface area contributed by atoms with Crippen molar-refractivity contribution < 1.29 is 32.6 Å². The van der Waals surface area contributed by atoms with E-state index in [-0.39, 0.29) is 12.3 Å². The molecule has 193 valence electrons. The van der Waals surface area contributed by atoms with Gasteiger partial charge in [-0.15, -0.1) is 0 Å². The summed E-state index contributed by atoms with van der Waals surface area (Å²) in [6.45, 7) is 7.60. The summed E-state index contributed by atoms with van der Waals surface area (Å²) in [5.74, 6) is 0.338. The minimum atomic E-state index is -3.74. The van der Waals surface area contributed by atoms with Gasteiger partial charge in [0, 0.05) is 13.1 Å². The van der Waals surface area contributed by atoms with E-state index < -0.39 is 31.4 Å². The van der Waals surface area contributed by atoms with Gasteiger partial charge in [0.2, 0.25) is 12.7 Å². The third-order valence-electron chi connectivity index (χ3n) is 5.82. The van der Waals surface area contributed by atoms with E-state index in [2.05, 4.69) is 27.0 Å². The Labute approximate surface area is 203 Å². The standard InChI is InChI=1S/C21H32N6O7P/c1-20(2,3)18(28)32-13-34-35(29,30-4)14-33-21(5-6-21)11-27-12-23-15-16(24-19(22)25-17(15)27)26-7-9-31-10-8-26/h12H,4-11,13-14H2,1-3H3,(H2,22,24,25). The summed E-state index contributed by atoms with van der Waals surface area (Å²) < 4.78 is 41.2. The fraction of sp³-hybridized carbons (Fsp3) is 0.667. The normalized spacial score (nSPS) is 19.5. The number of nitrogen functional groups attached to an aromatic ring is 1. The predicted molar refractivity (Wildman–Crippen MR) is 126 cm³/mol. The van der Waals surface area contributed by atoms with Crippen molar-refractivity contribution in [3.63, 3.8) is 0 Å². The molecule has 35 heavy (non-hydrogen) atoms. The van der Waals surface area contributed by atoms with E-state index in [1.54, 1.807) is 27.1 Å². The van der Waals surface area contributed by atoms with Gasteiger partial charge in [0.25, 0.3) is 0 Å². The van der Waals surface area contributed by atoms with Gasteiger partial charge in [0.15, 0.2) is 17.0 Å². The van der Waals surface area contributed by atoms with E-state index in [4.69, 9.17) is 29.0 Å². The maximum Gasteiger partial charge on any atom is 0.359 e. The zero-order valence-corrected chi connectivity index (χ0v) is 21.2. The van der Waals surface area contributed by atoms with Crippen LogP contribution in [-0.2, 0) is 39.2 Å². The minimum Gasteiger partial charge on any atom is -0.438 e. The molecule has 2 aromatic rings. The fourth-order valence-electron chi connectivity index (χ4n) is 3.56. The van der Waals surface area contributed by atoms with E-state index in [0.29, 0.717) is 49.8 Å². The number of nitrogens with two attached hydrogens (primary N) is 1. The number of morpholine rings is 1. The number of esters is 1. The molecule has 0 amide bonds. The highest BCUT2D eigenvalue weighted by atomic mass is 31.2. The monoisotopic (exact) mass is 511 g/mol. The summed E-state index contributed by atoms with van der Waals surface area (Å²) in [5, 5.41) is 0. The predicted octanol–water partition coefficient (Wildman–Crippen LogP) is 2.32. The lowest BCUT2D eigenvalue weighted by molar-refractivity contribution is -0.160. The third kappa shape index (κ3) is 6.10. The van der Waals surface area contributed by atoms with Crippen molar-refractivity contribution in [1.82, 2.24) is 19.5 Å². The first-order chi connectivity index (χ1) is 16.5. The number of imidazole rings is 1. The summed E-state index contributed by atoms with van der Waals surface area (Å²) in [7, 11) is -0.499. The number of hydrogen-bond donors (Lipinski definition) is 1.